The topological polar surface area (TPSA) is 32.8 Å². The van der Waals surface area contributed by atoms with Crippen LogP contribution < -0.4 is 4.74 Å². The minimum absolute atomic E-state index is 0. The molecule has 1 aliphatic carbocycles. The number of benzene rings is 1. The molecule has 3 rings (SSSR count). The van der Waals surface area contributed by atoms with Crippen LogP contribution in [0.2, 0.25) is 0 Å². The third-order valence-electron chi connectivity index (χ3n) is 5.09. The molecule has 24 heavy (non-hydrogen) atoms. The lowest BCUT2D eigenvalue weighted by molar-refractivity contribution is 0.0773. The molecular weight excluding hydrogens is 324 g/mol. The van der Waals surface area contributed by atoms with E-state index in [2.05, 4.69) is 4.90 Å². The first-order chi connectivity index (χ1) is 11.2. The van der Waals surface area contributed by atoms with Gasteiger partial charge in [0.1, 0.15) is 5.75 Å². The highest BCUT2D eigenvalue weighted by Gasteiger charge is 2.44. The summed E-state index contributed by atoms with van der Waals surface area (Å²) in [5, 5.41) is 0. The van der Waals surface area contributed by atoms with Crippen molar-refractivity contribution in [2.75, 3.05) is 39.3 Å². The fourth-order valence-electron chi connectivity index (χ4n) is 3.54. The molecule has 1 amide bonds. The number of likely N-dealkylation sites (tertiary alicyclic amines) is 1. The molecule has 0 aromatic heterocycles. The molecule has 134 valence electrons. The molecule has 1 aliphatic heterocycles. The fraction of sp³-hybridized carbons (Fsp3) is 0.632. The van der Waals surface area contributed by atoms with Crippen molar-refractivity contribution < 1.29 is 9.53 Å². The second kappa shape index (κ2) is 8.72. The van der Waals surface area contributed by atoms with Gasteiger partial charge in [-0.15, -0.1) is 12.4 Å². The Morgan fingerprint density at radius 1 is 1.17 bits per heavy atom. The Morgan fingerprint density at radius 3 is 2.38 bits per heavy atom. The molecule has 2 atom stereocenters. The summed E-state index contributed by atoms with van der Waals surface area (Å²) in [5.41, 5.74) is 0.734. The van der Waals surface area contributed by atoms with Crippen LogP contribution in [0, 0.1) is 11.8 Å². The Labute approximate surface area is 151 Å². The largest absolute Gasteiger partial charge is 0.494 e. The van der Waals surface area contributed by atoms with Gasteiger partial charge in [0.2, 0.25) is 0 Å². The molecule has 5 heteroatoms. The van der Waals surface area contributed by atoms with Crippen LogP contribution in [0.15, 0.2) is 24.3 Å². The van der Waals surface area contributed by atoms with E-state index in [1.807, 2.05) is 43.0 Å². The zero-order valence-electron chi connectivity index (χ0n) is 14.7. The van der Waals surface area contributed by atoms with Crippen molar-refractivity contribution in [1.82, 2.24) is 9.80 Å². The lowest BCUT2D eigenvalue weighted by Gasteiger charge is -2.19. The maximum atomic E-state index is 12.2. The third-order valence-corrected chi connectivity index (χ3v) is 5.09. The van der Waals surface area contributed by atoms with Crippen molar-refractivity contribution in [3.63, 3.8) is 0 Å². The summed E-state index contributed by atoms with van der Waals surface area (Å²) in [6.45, 7) is 9.98. The van der Waals surface area contributed by atoms with E-state index in [0.717, 1.165) is 55.8 Å². The summed E-state index contributed by atoms with van der Waals surface area (Å²) >= 11 is 0. The highest BCUT2D eigenvalue weighted by Crippen LogP contribution is 2.44. The van der Waals surface area contributed by atoms with Gasteiger partial charge in [-0.05, 0) is 62.8 Å². The Balaban J connectivity index is 0.00000208. The Bertz CT molecular complexity index is 521. The van der Waals surface area contributed by atoms with Gasteiger partial charge in [0, 0.05) is 38.3 Å². The van der Waals surface area contributed by atoms with E-state index in [-0.39, 0.29) is 18.3 Å². The van der Waals surface area contributed by atoms with Crippen LogP contribution in [0.5, 0.6) is 5.75 Å². The minimum atomic E-state index is 0. The standard InChI is InChI=1S/C19H28N2O2.ClH/c1-3-21(4-2)19(22)15-6-8-18(9-7-15)23-11-5-10-20-13-16-12-17(16)14-20;/h6-9,16-17H,3-5,10-14H2,1-2H3;1H/t16-,17+;. The monoisotopic (exact) mass is 352 g/mol. The number of rotatable bonds is 8. The van der Waals surface area contributed by atoms with E-state index in [9.17, 15) is 4.79 Å². The first kappa shape index (κ1) is 19.1. The normalized spacial score (nSPS) is 21.8. The average Bonchev–Trinajstić information content (AvgIpc) is 3.19. The predicted molar refractivity (Wildman–Crippen MR) is 99.1 cm³/mol. The smallest absolute Gasteiger partial charge is 0.253 e. The molecular formula is C19H29ClN2O2. The van der Waals surface area contributed by atoms with Gasteiger partial charge in [-0.3, -0.25) is 4.79 Å². The van der Waals surface area contributed by atoms with Crippen LogP contribution in [0.1, 0.15) is 37.0 Å². The van der Waals surface area contributed by atoms with E-state index < -0.39 is 0 Å². The molecule has 1 aromatic carbocycles. The number of fused-ring (bicyclic) bond motifs is 1. The number of carbonyl (C=O) groups is 1. The second-order valence-electron chi connectivity index (χ2n) is 6.72. The van der Waals surface area contributed by atoms with E-state index in [1.54, 1.807) is 0 Å². The zero-order valence-corrected chi connectivity index (χ0v) is 15.6. The van der Waals surface area contributed by atoms with E-state index in [4.69, 9.17) is 4.74 Å². The molecule has 0 bridgehead atoms. The number of hydrogen-bond acceptors (Lipinski definition) is 3. The molecule has 1 heterocycles. The number of piperidine rings is 1. The van der Waals surface area contributed by atoms with Crippen molar-refractivity contribution in [2.45, 2.75) is 26.7 Å². The highest BCUT2D eigenvalue weighted by molar-refractivity contribution is 5.94. The zero-order chi connectivity index (χ0) is 16.2. The molecule has 4 nitrogen and oxygen atoms in total. The molecule has 1 saturated heterocycles. The minimum Gasteiger partial charge on any atom is -0.494 e. The number of nitrogens with zero attached hydrogens (tertiary/aromatic N) is 2. The number of amides is 1. The van der Waals surface area contributed by atoms with Crippen molar-refractivity contribution >= 4 is 18.3 Å². The summed E-state index contributed by atoms with van der Waals surface area (Å²) < 4.78 is 5.80. The number of carbonyl (C=O) groups excluding carboxylic acids is 1. The van der Waals surface area contributed by atoms with Gasteiger partial charge in [0.25, 0.3) is 5.91 Å². The Hall–Kier alpha value is -1.26. The van der Waals surface area contributed by atoms with E-state index in [1.165, 1.54) is 19.5 Å². The SMILES string of the molecule is CCN(CC)C(=O)c1ccc(OCCCN2C[C@H]3C[C@H]3C2)cc1.Cl. The van der Waals surface area contributed by atoms with Crippen LogP contribution in [0.3, 0.4) is 0 Å². The van der Waals surface area contributed by atoms with Crippen LogP contribution >= 0.6 is 12.4 Å². The van der Waals surface area contributed by atoms with E-state index >= 15 is 0 Å². The summed E-state index contributed by atoms with van der Waals surface area (Å²) in [4.78, 5) is 16.6. The lowest BCUT2D eigenvalue weighted by Crippen LogP contribution is -2.30. The van der Waals surface area contributed by atoms with Gasteiger partial charge in [-0.1, -0.05) is 0 Å². The summed E-state index contributed by atoms with van der Waals surface area (Å²) in [7, 11) is 0. The van der Waals surface area contributed by atoms with Crippen molar-refractivity contribution in [3.05, 3.63) is 29.8 Å². The number of hydrogen-bond donors (Lipinski definition) is 0. The molecule has 0 spiro atoms. The van der Waals surface area contributed by atoms with Gasteiger partial charge < -0.3 is 14.5 Å². The predicted octanol–water partition coefficient (Wildman–Crippen LogP) is 3.31. The molecule has 0 unspecified atom stereocenters. The van der Waals surface area contributed by atoms with Gasteiger partial charge in [-0.2, -0.15) is 0 Å². The van der Waals surface area contributed by atoms with Crippen LogP contribution in [0.25, 0.3) is 0 Å². The number of halogens is 1. The average molecular weight is 353 g/mol. The molecule has 1 aromatic rings. The maximum absolute atomic E-state index is 12.2. The maximum Gasteiger partial charge on any atom is 0.253 e. The van der Waals surface area contributed by atoms with E-state index in [0.29, 0.717) is 0 Å². The second-order valence-corrected chi connectivity index (χ2v) is 6.72. The number of ether oxygens (including phenoxy) is 1. The van der Waals surface area contributed by atoms with Crippen LogP contribution in [0.4, 0.5) is 0 Å². The van der Waals surface area contributed by atoms with Gasteiger partial charge >= 0.3 is 0 Å². The van der Waals surface area contributed by atoms with Gasteiger partial charge in [-0.25, -0.2) is 0 Å². The summed E-state index contributed by atoms with van der Waals surface area (Å²) in [5.74, 6) is 2.96. The molecule has 0 radical (unpaired) electrons. The summed E-state index contributed by atoms with van der Waals surface area (Å²) in [6.07, 6.45) is 2.53. The first-order valence-corrected chi connectivity index (χ1v) is 8.95. The third kappa shape index (κ3) is 4.64. The highest BCUT2D eigenvalue weighted by atomic mass is 35.5. The van der Waals surface area contributed by atoms with Crippen LogP contribution in [-0.2, 0) is 0 Å². The Morgan fingerprint density at radius 2 is 1.79 bits per heavy atom. The van der Waals surface area contributed by atoms with Gasteiger partial charge in [0.15, 0.2) is 0 Å². The molecule has 2 aliphatic rings. The van der Waals surface area contributed by atoms with Crippen molar-refractivity contribution in [2.24, 2.45) is 11.8 Å². The summed E-state index contributed by atoms with van der Waals surface area (Å²) in [6, 6.07) is 7.54. The lowest BCUT2D eigenvalue weighted by atomic mass is 10.2. The first-order valence-electron chi connectivity index (χ1n) is 8.95. The molecule has 1 saturated carbocycles. The quantitative estimate of drug-likeness (QED) is 0.673. The molecule has 0 N–H and O–H groups in total. The fourth-order valence-corrected chi connectivity index (χ4v) is 3.54. The molecule has 2 fully saturated rings. The Kier molecular flexibility index (Phi) is 6.93. The van der Waals surface area contributed by atoms with Crippen molar-refractivity contribution in [3.8, 4) is 5.75 Å². The van der Waals surface area contributed by atoms with Crippen molar-refractivity contribution in [1.29, 1.82) is 0 Å². The van der Waals surface area contributed by atoms with Gasteiger partial charge in [0.05, 0.1) is 6.61 Å². The van der Waals surface area contributed by atoms with Crippen LogP contribution in [-0.4, -0.2) is 55.0 Å².